The lowest BCUT2D eigenvalue weighted by Crippen LogP contribution is -2.23. The van der Waals surface area contributed by atoms with Gasteiger partial charge < -0.3 is 9.47 Å². The third-order valence-electron chi connectivity index (χ3n) is 2.23. The average Bonchev–Trinajstić information content (AvgIpc) is 2.67. The van der Waals surface area contributed by atoms with Crippen molar-refractivity contribution < 1.29 is 32.2 Å². The van der Waals surface area contributed by atoms with Crippen molar-refractivity contribution in [1.82, 2.24) is 0 Å². The van der Waals surface area contributed by atoms with Crippen LogP contribution in [0, 0.1) is 12.3 Å². The van der Waals surface area contributed by atoms with E-state index in [-0.39, 0.29) is 18.8 Å². The van der Waals surface area contributed by atoms with Crippen LogP contribution in [0.1, 0.15) is 19.3 Å². The van der Waals surface area contributed by atoms with E-state index >= 15 is 0 Å². The van der Waals surface area contributed by atoms with Crippen LogP contribution in [-0.2, 0) is 19.1 Å². The number of allylic oxidation sites excluding steroid dienone is 1. The zero-order valence-electron chi connectivity index (χ0n) is 9.88. The highest BCUT2D eigenvalue weighted by Crippen LogP contribution is 2.23. The van der Waals surface area contributed by atoms with Crippen LogP contribution in [0.5, 0.6) is 0 Å². The fraction of sp³-hybridized carbons (Fsp3) is 0.500. The van der Waals surface area contributed by atoms with E-state index in [1.165, 1.54) is 0 Å². The molecule has 1 heterocycles. The smallest absolute Gasteiger partial charge is 0.422 e. The second-order valence-corrected chi connectivity index (χ2v) is 3.76. The van der Waals surface area contributed by atoms with Gasteiger partial charge in [0.15, 0.2) is 13.2 Å². The van der Waals surface area contributed by atoms with Crippen LogP contribution in [0.4, 0.5) is 13.2 Å². The maximum absolute atomic E-state index is 11.9. The topological polar surface area (TPSA) is 52.6 Å². The summed E-state index contributed by atoms with van der Waals surface area (Å²) in [6, 6.07) is 0. The maximum Gasteiger partial charge on any atom is 0.422 e. The van der Waals surface area contributed by atoms with Gasteiger partial charge in [-0.15, -0.1) is 12.3 Å². The van der Waals surface area contributed by atoms with E-state index in [0.717, 1.165) is 0 Å². The number of terminal acetylenes is 1. The number of Topliss-reactive ketones (excluding diaryl/α,β-unsaturated/α-hetero) is 1. The number of ether oxygens (including phenoxy) is 2. The Hall–Kier alpha value is -1.97. The fourth-order valence-electron chi connectivity index (χ4n) is 1.45. The highest BCUT2D eigenvalue weighted by Gasteiger charge is 2.35. The summed E-state index contributed by atoms with van der Waals surface area (Å²) in [5.41, 5.74) is -0.443. The highest BCUT2D eigenvalue weighted by molar-refractivity contribution is 6.19. The second kappa shape index (κ2) is 6.27. The number of carbonyl (C=O) groups excluding carboxylic acids is 2. The van der Waals surface area contributed by atoms with E-state index in [1.807, 2.05) is 0 Å². The maximum atomic E-state index is 11.9. The summed E-state index contributed by atoms with van der Waals surface area (Å²) >= 11 is 0. The molecule has 7 heteroatoms. The molecule has 0 aromatic heterocycles. The van der Waals surface area contributed by atoms with Crippen LogP contribution < -0.4 is 0 Å². The Balaban J connectivity index is 2.69. The number of ketones is 1. The molecule has 0 saturated heterocycles. The lowest BCUT2D eigenvalue weighted by Gasteiger charge is -2.08. The lowest BCUT2D eigenvalue weighted by molar-refractivity contribution is -0.183. The molecule has 19 heavy (non-hydrogen) atoms. The van der Waals surface area contributed by atoms with Crippen LogP contribution in [0.25, 0.3) is 0 Å². The molecular formula is C12H11F3O4. The molecule has 1 aliphatic rings. The van der Waals surface area contributed by atoms with Crippen molar-refractivity contribution in [3.05, 3.63) is 11.3 Å². The van der Waals surface area contributed by atoms with Gasteiger partial charge in [0.25, 0.3) is 0 Å². The van der Waals surface area contributed by atoms with Crippen molar-refractivity contribution in [2.75, 3.05) is 13.2 Å². The van der Waals surface area contributed by atoms with Gasteiger partial charge in [-0.25, -0.2) is 4.79 Å². The molecule has 0 spiro atoms. The Morgan fingerprint density at radius 2 is 2.16 bits per heavy atom. The van der Waals surface area contributed by atoms with E-state index < -0.39 is 30.1 Å². The first-order chi connectivity index (χ1) is 8.85. The number of unbranched alkanes of at least 4 members (excludes halogenated alkanes) is 1. The predicted molar refractivity (Wildman–Crippen MR) is 57.7 cm³/mol. The molecule has 0 aliphatic carbocycles. The third-order valence-corrected chi connectivity index (χ3v) is 2.23. The molecular weight excluding hydrogens is 265 g/mol. The van der Waals surface area contributed by atoms with Crippen LogP contribution >= 0.6 is 0 Å². The van der Waals surface area contributed by atoms with Gasteiger partial charge >= 0.3 is 12.1 Å². The van der Waals surface area contributed by atoms with Crippen molar-refractivity contribution in [2.45, 2.75) is 25.4 Å². The van der Waals surface area contributed by atoms with Gasteiger partial charge in [-0.05, 0) is 6.42 Å². The predicted octanol–water partition coefficient (Wildman–Crippen LogP) is 1.75. The van der Waals surface area contributed by atoms with Gasteiger partial charge in [-0.2, -0.15) is 13.2 Å². The zero-order chi connectivity index (χ0) is 14.5. The van der Waals surface area contributed by atoms with Gasteiger partial charge in [-0.3, -0.25) is 4.79 Å². The van der Waals surface area contributed by atoms with Gasteiger partial charge in [0, 0.05) is 12.8 Å². The monoisotopic (exact) mass is 276 g/mol. The Bertz CT molecular complexity index is 443. The number of halogens is 3. The van der Waals surface area contributed by atoms with Crippen LogP contribution in [-0.4, -0.2) is 31.1 Å². The van der Waals surface area contributed by atoms with Crippen molar-refractivity contribution >= 4 is 11.8 Å². The lowest BCUT2D eigenvalue weighted by atomic mass is 10.1. The molecule has 0 N–H and O–H groups in total. The molecule has 0 fully saturated rings. The van der Waals surface area contributed by atoms with E-state index in [9.17, 15) is 22.8 Å². The van der Waals surface area contributed by atoms with E-state index in [4.69, 9.17) is 11.2 Å². The first-order valence-corrected chi connectivity index (χ1v) is 5.41. The molecule has 0 bridgehead atoms. The number of alkyl halides is 3. The molecule has 1 rings (SSSR count). The minimum atomic E-state index is -4.64. The van der Waals surface area contributed by atoms with E-state index in [1.54, 1.807) is 0 Å². The van der Waals surface area contributed by atoms with Crippen molar-refractivity contribution in [3.8, 4) is 12.3 Å². The largest absolute Gasteiger partial charge is 0.489 e. The Kier molecular flexibility index (Phi) is 4.98. The van der Waals surface area contributed by atoms with Crippen LogP contribution in [0.2, 0.25) is 0 Å². The standard InChI is InChI=1S/C12H11F3O4/c1-2-3-4-5-9-10(8(16)6-18-9)11(17)19-7-12(13,14)15/h1H,3-7H2. The Morgan fingerprint density at radius 1 is 1.47 bits per heavy atom. The number of rotatable bonds is 5. The molecule has 0 unspecified atom stereocenters. The summed E-state index contributed by atoms with van der Waals surface area (Å²) in [5, 5.41) is 0. The number of hydrogen-bond donors (Lipinski definition) is 0. The van der Waals surface area contributed by atoms with Crippen molar-refractivity contribution in [1.29, 1.82) is 0 Å². The van der Waals surface area contributed by atoms with Gasteiger partial charge in [0.1, 0.15) is 11.3 Å². The number of esters is 1. The molecule has 0 aromatic carbocycles. The fourth-order valence-corrected chi connectivity index (χ4v) is 1.45. The summed E-state index contributed by atoms with van der Waals surface area (Å²) in [5.74, 6) is 0.425. The average molecular weight is 276 g/mol. The first kappa shape index (κ1) is 15.1. The molecule has 104 valence electrons. The number of carbonyl (C=O) groups is 2. The summed E-state index contributed by atoms with van der Waals surface area (Å²) in [6.45, 7) is -2.10. The third kappa shape index (κ3) is 4.66. The molecule has 0 saturated carbocycles. The van der Waals surface area contributed by atoms with E-state index in [0.29, 0.717) is 12.8 Å². The van der Waals surface area contributed by atoms with Crippen LogP contribution in [0.3, 0.4) is 0 Å². The van der Waals surface area contributed by atoms with Crippen molar-refractivity contribution in [3.63, 3.8) is 0 Å². The summed E-state index contributed by atoms with van der Waals surface area (Å²) < 4.78 is 44.7. The molecule has 0 amide bonds. The first-order valence-electron chi connectivity index (χ1n) is 5.41. The summed E-state index contributed by atoms with van der Waals surface area (Å²) in [4.78, 5) is 22.8. The second-order valence-electron chi connectivity index (χ2n) is 3.76. The van der Waals surface area contributed by atoms with Crippen molar-refractivity contribution in [2.24, 2.45) is 0 Å². The summed E-state index contributed by atoms with van der Waals surface area (Å²) in [7, 11) is 0. The molecule has 0 atom stereocenters. The minimum Gasteiger partial charge on any atom is -0.489 e. The highest BCUT2D eigenvalue weighted by atomic mass is 19.4. The Labute approximate surface area is 107 Å². The minimum absolute atomic E-state index is 0.0485. The quantitative estimate of drug-likeness (QED) is 0.332. The van der Waals surface area contributed by atoms with Gasteiger partial charge in [-0.1, -0.05) is 0 Å². The molecule has 0 aromatic rings. The van der Waals surface area contributed by atoms with Gasteiger partial charge in [0.2, 0.25) is 5.78 Å². The zero-order valence-corrected chi connectivity index (χ0v) is 9.88. The summed E-state index contributed by atoms with van der Waals surface area (Å²) in [6.07, 6.45) is 1.49. The van der Waals surface area contributed by atoms with Crippen LogP contribution in [0.15, 0.2) is 11.3 Å². The Morgan fingerprint density at radius 3 is 2.74 bits per heavy atom. The normalized spacial score (nSPS) is 15.2. The van der Waals surface area contributed by atoms with Gasteiger partial charge in [0.05, 0.1) is 0 Å². The SMILES string of the molecule is C#CCCCC1=C(C(=O)OCC(F)(F)F)C(=O)CO1. The molecule has 0 radical (unpaired) electrons. The molecule has 4 nitrogen and oxygen atoms in total. The molecule has 1 aliphatic heterocycles. The van der Waals surface area contributed by atoms with E-state index in [2.05, 4.69) is 10.7 Å². The number of hydrogen-bond acceptors (Lipinski definition) is 4.